The van der Waals surface area contributed by atoms with Gasteiger partial charge in [-0.05, 0) is 6.42 Å². The first-order valence-electron chi connectivity index (χ1n) is 5.87. The van der Waals surface area contributed by atoms with E-state index in [9.17, 15) is 4.79 Å². The molecule has 0 aromatic heterocycles. The fourth-order valence-corrected chi connectivity index (χ4v) is 2.27. The Kier molecular flexibility index (Phi) is 4.15. The monoisotopic (exact) mass is 242 g/mol. The first-order valence-corrected chi connectivity index (χ1v) is 5.87. The van der Waals surface area contributed by atoms with Crippen LogP contribution in [0.1, 0.15) is 12.8 Å². The Balaban J connectivity index is 1.93. The maximum absolute atomic E-state index is 11.0. The van der Waals surface area contributed by atoms with Crippen molar-refractivity contribution < 1.29 is 23.7 Å². The standard InChI is InChI=1S/C12H18O5/c1-14-11(13)4-2-3-10-9-15-6-5-12(10)16-7-8-17-12/h2,4,10H,3,5-9H2,1H3. The van der Waals surface area contributed by atoms with Gasteiger partial charge in [0.1, 0.15) is 0 Å². The van der Waals surface area contributed by atoms with E-state index in [0.29, 0.717) is 32.8 Å². The van der Waals surface area contributed by atoms with E-state index < -0.39 is 5.79 Å². The summed E-state index contributed by atoms with van der Waals surface area (Å²) in [7, 11) is 1.36. The summed E-state index contributed by atoms with van der Waals surface area (Å²) in [5, 5.41) is 0. The number of rotatable bonds is 3. The number of esters is 1. The lowest BCUT2D eigenvalue weighted by atomic mass is 9.91. The van der Waals surface area contributed by atoms with E-state index >= 15 is 0 Å². The molecule has 2 aliphatic heterocycles. The van der Waals surface area contributed by atoms with Crippen LogP contribution in [-0.2, 0) is 23.7 Å². The first kappa shape index (κ1) is 12.5. The van der Waals surface area contributed by atoms with Crippen molar-refractivity contribution in [2.24, 2.45) is 5.92 Å². The molecule has 0 radical (unpaired) electrons. The zero-order valence-electron chi connectivity index (χ0n) is 10.0. The second-order valence-electron chi connectivity index (χ2n) is 4.19. The van der Waals surface area contributed by atoms with Gasteiger partial charge in [-0.1, -0.05) is 6.08 Å². The van der Waals surface area contributed by atoms with Crippen molar-refractivity contribution >= 4 is 5.97 Å². The number of hydrogen-bond acceptors (Lipinski definition) is 5. The molecule has 17 heavy (non-hydrogen) atoms. The van der Waals surface area contributed by atoms with Gasteiger partial charge in [-0.2, -0.15) is 0 Å². The summed E-state index contributed by atoms with van der Waals surface area (Å²) in [6, 6.07) is 0. The van der Waals surface area contributed by atoms with E-state index in [4.69, 9.17) is 14.2 Å². The molecular formula is C12H18O5. The molecule has 2 heterocycles. The van der Waals surface area contributed by atoms with Gasteiger partial charge in [0, 0.05) is 18.4 Å². The maximum Gasteiger partial charge on any atom is 0.330 e. The summed E-state index contributed by atoms with van der Waals surface area (Å²) in [4.78, 5) is 11.0. The molecule has 5 nitrogen and oxygen atoms in total. The largest absolute Gasteiger partial charge is 0.466 e. The topological polar surface area (TPSA) is 54.0 Å². The Morgan fingerprint density at radius 3 is 2.88 bits per heavy atom. The molecule has 1 atom stereocenters. The van der Waals surface area contributed by atoms with Crippen LogP contribution in [0.4, 0.5) is 0 Å². The molecule has 0 aromatic rings. The van der Waals surface area contributed by atoms with E-state index in [-0.39, 0.29) is 11.9 Å². The molecular weight excluding hydrogens is 224 g/mol. The average molecular weight is 242 g/mol. The highest BCUT2D eigenvalue weighted by Crippen LogP contribution is 2.37. The van der Waals surface area contributed by atoms with Crippen LogP contribution in [0, 0.1) is 5.92 Å². The summed E-state index contributed by atoms with van der Waals surface area (Å²) < 4.78 is 21.4. The summed E-state index contributed by atoms with van der Waals surface area (Å²) in [5.41, 5.74) is 0. The molecule has 5 heteroatoms. The minimum absolute atomic E-state index is 0.139. The normalized spacial score (nSPS) is 27.7. The highest BCUT2D eigenvalue weighted by Gasteiger charge is 2.45. The molecule has 96 valence electrons. The van der Waals surface area contributed by atoms with Crippen molar-refractivity contribution in [2.75, 3.05) is 33.5 Å². The smallest absolute Gasteiger partial charge is 0.330 e. The van der Waals surface area contributed by atoms with Crippen molar-refractivity contribution in [1.82, 2.24) is 0 Å². The quantitative estimate of drug-likeness (QED) is 0.543. The third-order valence-corrected chi connectivity index (χ3v) is 3.19. The second-order valence-corrected chi connectivity index (χ2v) is 4.19. The predicted molar refractivity (Wildman–Crippen MR) is 59.3 cm³/mol. The Morgan fingerprint density at radius 2 is 2.18 bits per heavy atom. The lowest BCUT2D eigenvalue weighted by Gasteiger charge is -2.38. The van der Waals surface area contributed by atoms with Gasteiger partial charge in [-0.15, -0.1) is 0 Å². The third-order valence-electron chi connectivity index (χ3n) is 3.19. The van der Waals surface area contributed by atoms with Crippen molar-refractivity contribution in [3.05, 3.63) is 12.2 Å². The fraction of sp³-hybridized carbons (Fsp3) is 0.750. The van der Waals surface area contributed by atoms with Gasteiger partial charge in [0.05, 0.1) is 33.5 Å². The van der Waals surface area contributed by atoms with Gasteiger partial charge in [0.15, 0.2) is 5.79 Å². The van der Waals surface area contributed by atoms with Crippen LogP contribution in [0.3, 0.4) is 0 Å². The Hall–Kier alpha value is -0.910. The van der Waals surface area contributed by atoms with Crippen LogP contribution in [0.5, 0.6) is 0 Å². The number of carbonyl (C=O) groups excluding carboxylic acids is 1. The van der Waals surface area contributed by atoms with Gasteiger partial charge < -0.3 is 18.9 Å². The Labute approximate surface area is 101 Å². The van der Waals surface area contributed by atoms with Gasteiger partial charge >= 0.3 is 5.97 Å². The van der Waals surface area contributed by atoms with E-state index in [1.165, 1.54) is 13.2 Å². The number of carbonyl (C=O) groups is 1. The van der Waals surface area contributed by atoms with Crippen LogP contribution in [0.25, 0.3) is 0 Å². The highest BCUT2D eigenvalue weighted by atomic mass is 16.7. The minimum Gasteiger partial charge on any atom is -0.466 e. The fourth-order valence-electron chi connectivity index (χ4n) is 2.27. The second kappa shape index (κ2) is 5.62. The third kappa shape index (κ3) is 2.86. The highest BCUT2D eigenvalue weighted by molar-refractivity contribution is 5.81. The molecule has 1 spiro atoms. The van der Waals surface area contributed by atoms with Gasteiger partial charge in [0.2, 0.25) is 0 Å². The summed E-state index contributed by atoms with van der Waals surface area (Å²) in [6.07, 6.45) is 4.66. The summed E-state index contributed by atoms with van der Waals surface area (Å²) in [6.45, 7) is 2.54. The summed E-state index contributed by atoms with van der Waals surface area (Å²) >= 11 is 0. The van der Waals surface area contributed by atoms with Gasteiger partial charge in [-0.3, -0.25) is 0 Å². The molecule has 0 N–H and O–H groups in total. The number of methoxy groups -OCH3 is 1. The average Bonchev–Trinajstić information content (AvgIpc) is 2.81. The van der Waals surface area contributed by atoms with Gasteiger partial charge in [0.25, 0.3) is 0 Å². The molecule has 2 saturated heterocycles. The lowest BCUT2D eigenvalue weighted by molar-refractivity contribution is -0.238. The SMILES string of the molecule is COC(=O)C=CCC1COCCC12OCCO2. The number of hydrogen-bond donors (Lipinski definition) is 0. The molecule has 2 rings (SSSR count). The van der Waals surface area contributed by atoms with Crippen molar-refractivity contribution in [3.63, 3.8) is 0 Å². The van der Waals surface area contributed by atoms with Crippen LogP contribution in [0.15, 0.2) is 12.2 Å². The van der Waals surface area contributed by atoms with Gasteiger partial charge in [-0.25, -0.2) is 4.79 Å². The maximum atomic E-state index is 11.0. The number of allylic oxidation sites excluding steroid dienone is 1. The Morgan fingerprint density at radius 1 is 1.41 bits per heavy atom. The molecule has 0 aliphatic carbocycles. The zero-order valence-corrected chi connectivity index (χ0v) is 10.0. The molecule has 1 unspecified atom stereocenters. The molecule has 2 aliphatic rings. The van der Waals surface area contributed by atoms with Crippen molar-refractivity contribution in [1.29, 1.82) is 0 Å². The molecule has 0 aromatic carbocycles. The molecule has 0 amide bonds. The van der Waals surface area contributed by atoms with E-state index in [1.54, 1.807) is 6.08 Å². The van der Waals surface area contributed by atoms with Crippen LogP contribution >= 0.6 is 0 Å². The van der Waals surface area contributed by atoms with E-state index in [0.717, 1.165) is 6.42 Å². The molecule has 0 saturated carbocycles. The van der Waals surface area contributed by atoms with E-state index in [2.05, 4.69) is 4.74 Å². The Bertz CT molecular complexity index is 293. The minimum atomic E-state index is -0.501. The summed E-state index contributed by atoms with van der Waals surface area (Å²) in [5.74, 6) is -0.706. The predicted octanol–water partition coefficient (Wildman–Crippen LogP) is 0.885. The van der Waals surface area contributed by atoms with Crippen molar-refractivity contribution in [2.45, 2.75) is 18.6 Å². The lowest BCUT2D eigenvalue weighted by Crippen LogP contribution is -2.46. The molecule has 2 fully saturated rings. The number of ether oxygens (including phenoxy) is 4. The first-order chi connectivity index (χ1) is 8.27. The van der Waals surface area contributed by atoms with Crippen molar-refractivity contribution in [3.8, 4) is 0 Å². The van der Waals surface area contributed by atoms with Crippen LogP contribution in [-0.4, -0.2) is 45.3 Å². The van der Waals surface area contributed by atoms with Crippen LogP contribution < -0.4 is 0 Å². The van der Waals surface area contributed by atoms with Crippen LogP contribution in [0.2, 0.25) is 0 Å². The zero-order chi connectivity index (χ0) is 12.1. The molecule has 0 bridgehead atoms. The van der Waals surface area contributed by atoms with E-state index in [1.807, 2.05) is 0 Å².